The van der Waals surface area contributed by atoms with Crippen LogP contribution in [0, 0.1) is 23.2 Å². The van der Waals surface area contributed by atoms with E-state index < -0.39 is 0 Å². The number of nitrogens with zero attached hydrogens (tertiary/aromatic N) is 3. The molecule has 4 nitrogen and oxygen atoms in total. The van der Waals surface area contributed by atoms with Gasteiger partial charge < -0.3 is 4.90 Å². The van der Waals surface area contributed by atoms with Crippen molar-refractivity contribution in [2.45, 2.75) is 33.2 Å². The van der Waals surface area contributed by atoms with Crippen LogP contribution in [0.5, 0.6) is 0 Å². The second-order valence-electron chi connectivity index (χ2n) is 5.55. The third kappa shape index (κ3) is 3.71. The Morgan fingerprint density at radius 1 is 1.47 bits per heavy atom. The summed E-state index contributed by atoms with van der Waals surface area (Å²) in [5.74, 6) is 1.07. The fraction of sp³-hybridized carbons (Fsp3) is 0.846. The highest BCUT2D eigenvalue weighted by Crippen LogP contribution is 2.18. The second-order valence-corrected chi connectivity index (χ2v) is 5.55. The van der Waals surface area contributed by atoms with Crippen molar-refractivity contribution in [3.63, 3.8) is 0 Å². The number of likely N-dealkylation sites (N-methyl/N-ethyl adjacent to an activating group) is 1. The number of amides is 1. The van der Waals surface area contributed by atoms with Crippen molar-refractivity contribution in [3.8, 4) is 6.07 Å². The van der Waals surface area contributed by atoms with E-state index in [9.17, 15) is 4.79 Å². The van der Waals surface area contributed by atoms with Gasteiger partial charge >= 0.3 is 0 Å². The molecule has 4 heteroatoms. The van der Waals surface area contributed by atoms with E-state index in [2.05, 4.69) is 31.7 Å². The summed E-state index contributed by atoms with van der Waals surface area (Å²) in [6.07, 6.45) is 0.294. The van der Waals surface area contributed by atoms with Crippen molar-refractivity contribution in [2.75, 3.05) is 26.7 Å². The second kappa shape index (κ2) is 6.02. The molecule has 17 heavy (non-hydrogen) atoms. The third-order valence-corrected chi connectivity index (χ3v) is 3.12. The topological polar surface area (TPSA) is 47.3 Å². The van der Waals surface area contributed by atoms with E-state index in [-0.39, 0.29) is 11.9 Å². The van der Waals surface area contributed by atoms with Crippen LogP contribution >= 0.6 is 0 Å². The van der Waals surface area contributed by atoms with Gasteiger partial charge in [-0.2, -0.15) is 5.26 Å². The van der Waals surface area contributed by atoms with Crippen molar-refractivity contribution >= 4 is 5.91 Å². The van der Waals surface area contributed by atoms with Gasteiger partial charge in [-0.25, -0.2) is 0 Å². The summed E-state index contributed by atoms with van der Waals surface area (Å²) in [5.41, 5.74) is 0. The highest BCUT2D eigenvalue weighted by molar-refractivity contribution is 5.82. The number of hydrogen-bond donors (Lipinski definition) is 0. The van der Waals surface area contributed by atoms with Gasteiger partial charge in [0.1, 0.15) is 6.04 Å². The van der Waals surface area contributed by atoms with Crippen molar-refractivity contribution in [2.24, 2.45) is 11.8 Å². The van der Waals surface area contributed by atoms with E-state index in [1.54, 1.807) is 4.90 Å². The Kier molecular flexibility index (Phi) is 4.95. The molecule has 0 saturated carbocycles. The first-order valence-corrected chi connectivity index (χ1v) is 6.31. The van der Waals surface area contributed by atoms with E-state index in [4.69, 9.17) is 5.26 Å². The minimum absolute atomic E-state index is 0.0940. The summed E-state index contributed by atoms with van der Waals surface area (Å²) < 4.78 is 0. The molecule has 0 bridgehead atoms. The quantitative estimate of drug-likeness (QED) is 0.744. The van der Waals surface area contributed by atoms with Gasteiger partial charge in [-0.05, 0) is 11.8 Å². The minimum Gasteiger partial charge on any atom is -0.344 e. The smallest absolute Gasteiger partial charge is 0.240 e. The monoisotopic (exact) mass is 237 g/mol. The lowest BCUT2D eigenvalue weighted by Gasteiger charge is -2.29. The summed E-state index contributed by atoms with van der Waals surface area (Å²) in [6.45, 7) is 9.03. The van der Waals surface area contributed by atoms with Gasteiger partial charge in [0.2, 0.25) is 5.91 Å². The number of carbonyl (C=O) groups is 1. The van der Waals surface area contributed by atoms with Gasteiger partial charge in [-0.15, -0.1) is 0 Å². The van der Waals surface area contributed by atoms with Crippen LogP contribution < -0.4 is 0 Å². The summed E-state index contributed by atoms with van der Waals surface area (Å²) in [5, 5.41) is 8.88. The highest BCUT2D eigenvalue weighted by Gasteiger charge is 2.33. The molecule has 1 aliphatic heterocycles. The van der Waals surface area contributed by atoms with E-state index in [1.807, 2.05) is 7.05 Å². The molecule has 1 amide bonds. The van der Waals surface area contributed by atoms with Crippen LogP contribution in [0.2, 0.25) is 0 Å². The molecule has 0 aromatic carbocycles. The Labute approximate surface area is 104 Å². The summed E-state index contributed by atoms with van der Waals surface area (Å²) in [4.78, 5) is 16.2. The molecular weight excluding hydrogens is 214 g/mol. The first-order chi connectivity index (χ1) is 7.95. The lowest BCUT2D eigenvalue weighted by molar-refractivity contribution is -0.134. The van der Waals surface area contributed by atoms with Crippen LogP contribution in [0.1, 0.15) is 27.2 Å². The SMILES string of the molecule is CC(C)CN1CC(C)CN(C)C(=O)C1CC#N. The van der Waals surface area contributed by atoms with Crippen LogP contribution in [-0.4, -0.2) is 48.4 Å². The zero-order valence-corrected chi connectivity index (χ0v) is 11.3. The molecule has 96 valence electrons. The van der Waals surface area contributed by atoms with E-state index in [0.29, 0.717) is 18.3 Å². The number of rotatable bonds is 3. The molecule has 0 spiro atoms. The van der Waals surface area contributed by atoms with Crippen molar-refractivity contribution < 1.29 is 4.79 Å². The molecule has 0 radical (unpaired) electrons. The molecular formula is C13H23N3O. The molecule has 0 aromatic rings. The average Bonchev–Trinajstić information content (AvgIpc) is 2.30. The Balaban J connectivity index is 2.88. The molecule has 0 aromatic heterocycles. The first kappa shape index (κ1) is 14.0. The van der Waals surface area contributed by atoms with Crippen molar-refractivity contribution in [1.82, 2.24) is 9.80 Å². The van der Waals surface area contributed by atoms with Gasteiger partial charge in [0, 0.05) is 26.7 Å². The Hall–Kier alpha value is -1.08. The van der Waals surface area contributed by atoms with Gasteiger partial charge in [0.25, 0.3) is 0 Å². The summed E-state index contributed by atoms with van der Waals surface area (Å²) in [6, 6.07) is 1.89. The highest BCUT2D eigenvalue weighted by atomic mass is 16.2. The summed E-state index contributed by atoms with van der Waals surface area (Å²) >= 11 is 0. The van der Waals surface area contributed by atoms with Gasteiger partial charge in [-0.3, -0.25) is 9.69 Å². The zero-order chi connectivity index (χ0) is 13.0. The van der Waals surface area contributed by atoms with Crippen molar-refractivity contribution in [3.05, 3.63) is 0 Å². The predicted octanol–water partition coefficient (Wildman–Crippen LogP) is 1.33. The maximum absolute atomic E-state index is 12.2. The lowest BCUT2D eigenvalue weighted by atomic mass is 10.1. The molecule has 1 rings (SSSR count). The maximum Gasteiger partial charge on any atom is 0.240 e. The predicted molar refractivity (Wildman–Crippen MR) is 67.2 cm³/mol. The van der Waals surface area contributed by atoms with Crippen LogP contribution in [-0.2, 0) is 4.79 Å². The standard InChI is InChI=1S/C13H23N3O/c1-10(2)7-16-9-11(3)8-15(4)13(17)12(16)5-6-14/h10-12H,5,7-9H2,1-4H3. The number of hydrogen-bond acceptors (Lipinski definition) is 3. The normalized spacial score (nSPS) is 27.1. The molecule has 0 aliphatic carbocycles. The largest absolute Gasteiger partial charge is 0.344 e. The molecule has 1 heterocycles. The van der Waals surface area contributed by atoms with Crippen LogP contribution in [0.4, 0.5) is 0 Å². The Morgan fingerprint density at radius 3 is 2.65 bits per heavy atom. The van der Waals surface area contributed by atoms with Crippen LogP contribution in [0.25, 0.3) is 0 Å². The Bertz CT molecular complexity index is 308. The fourth-order valence-corrected chi connectivity index (χ4v) is 2.53. The van der Waals surface area contributed by atoms with E-state index in [1.165, 1.54) is 0 Å². The number of carbonyl (C=O) groups excluding carboxylic acids is 1. The third-order valence-electron chi connectivity index (χ3n) is 3.12. The van der Waals surface area contributed by atoms with E-state index in [0.717, 1.165) is 19.6 Å². The maximum atomic E-state index is 12.2. The number of nitriles is 1. The van der Waals surface area contributed by atoms with Crippen molar-refractivity contribution in [1.29, 1.82) is 5.26 Å². The van der Waals surface area contributed by atoms with Crippen LogP contribution in [0.3, 0.4) is 0 Å². The minimum atomic E-state index is -0.252. The zero-order valence-electron chi connectivity index (χ0n) is 11.3. The molecule has 1 aliphatic rings. The van der Waals surface area contributed by atoms with E-state index >= 15 is 0 Å². The molecule has 1 fully saturated rings. The average molecular weight is 237 g/mol. The molecule has 0 N–H and O–H groups in total. The molecule has 2 unspecified atom stereocenters. The fourth-order valence-electron chi connectivity index (χ4n) is 2.53. The molecule has 1 saturated heterocycles. The lowest BCUT2D eigenvalue weighted by Crippen LogP contribution is -2.46. The van der Waals surface area contributed by atoms with Gasteiger partial charge in [0.05, 0.1) is 12.5 Å². The summed E-state index contributed by atoms with van der Waals surface area (Å²) in [7, 11) is 1.84. The Morgan fingerprint density at radius 2 is 2.12 bits per heavy atom. The van der Waals surface area contributed by atoms with Gasteiger partial charge in [-0.1, -0.05) is 20.8 Å². The first-order valence-electron chi connectivity index (χ1n) is 6.31. The van der Waals surface area contributed by atoms with Gasteiger partial charge in [0.15, 0.2) is 0 Å². The molecule has 2 atom stereocenters. The van der Waals surface area contributed by atoms with Crippen LogP contribution in [0.15, 0.2) is 0 Å².